The lowest BCUT2D eigenvalue weighted by atomic mass is 10.1. The van der Waals surface area contributed by atoms with Gasteiger partial charge < -0.3 is 14.4 Å². The molecule has 150 valence electrons. The highest BCUT2D eigenvalue weighted by Crippen LogP contribution is 2.33. The molecule has 3 heterocycles. The standard InChI is InChI=1S/C24H28N4O/c1-17(19-7-11-25-12-8-19)16-28-23-6-5-20(27(4)18(2)29)15-22(23)21-9-13-26(3)14-10-24(21)28/h5-8,11-12,15-16H,9-10,13-14H2,1-4H3. The molecule has 1 aliphatic rings. The highest BCUT2D eigenvalue weighted by atomic mass is 16.2. The molecule has 5 heteroatoms. The predicted octanol–water partition coefficient (Wildman–Crippen LogP) is 4.07. The van der Waals surface area contributed by atoms with Crippen LogP contribution in [0.5, 0.6) is 0 Å². The van der Waals surface area contributed by atoms with E-state index in [9.17, 15) is 4.79 Å². The molecular formula is C24H28N4O. The van der Waals surface area contributed by atoms with Gasteiger partial charge in [-0.05, 0) is 67.4 Å². The Kier molecular flexibility index (Phi) is 5.24. The first-order chi connectivity index (χ1) is 14.0. The smallest absolute Gasteiger partial charge is 0.223 e. The van der Waals surface area contributed by atoms with E-state index in [0.717, 1.165) is 31.6 Å². The van der Waals surface area contributed by atoms with Gasteiger partial charge in [0.2, 0.25) is 5.91 Å². The zero-order valence-corrected chi connectivity index (χ0v) is 17.6. The van der Waals surface area contributed by atoms with Crippen molar-refractivity contribution >= 4 is 34.3 Å². The van der Waals surface area contributed by atoms with Crippen molar-refractivity contribution in [2.45, 2.75) is 26.7 Å². The van der Waals surface area contributed by atoms with Crippen LogP contribution < -0.4 is 4.90 Å². The summed E-state index contributed by atoms with van der Waals surface area (Å²) >= 11 is 0. The zero-order valence-electron chi connectivity index (χ0n) is 17.6. The molecule has 0 N–H and O–H groups in total. The van der Waals surface area contributed by atoms with Gasteiger partial charge in [-0.2, -0.15) is 0 Å². The van der Waals surface area contributed by atoms with Gasteiger partial charge in [0.25, 0.3) is 0 Å². The molecule has 1 aliphatic heterocycles. The summed E-state index contributed by atoms with van der Waals surface area (Å²) in [5, 5.41) is 1.25. The number of benzene rings is 1. The number of allylic oxidation sites excluding steroid dienone is 1. The maximum atomic E-state index is 11.9. The van der Waals surface area contributed by atoms with Gasteiger partial charge in [0.15, 0.2) is 0 Å². The van der Waals surface area contributed by atoms with Crippen molar-refractivity contribution in [2.75, 3.05) is 32.1 Å². The van der Waals surface area contributed by atoms with Gasteiger partial charge in [0.05, 0.1) is 5.52 Å². The molecule has 0 unspecified atom stereocenters. The lowest BCUT2D eigenvalue weighted by molar-refractivity contribution is -0.116. The second-order valence-corrected chi connectivity index (χ2v) is 7.93. The summed E-state index contributed by atoms with van der Waals surface area (Å²) in [7, 11) is 4.02. The number of hydrogen-bond acceptors (Lipinski definition) is 3. The number of rotatable bonds is 3. The Morgan fingerprint density at radius 2 is 1.83 bits per heavy atom. The highest BCUT2D eigenvalue weighted by molar-refractivity contribution is 5.97. The molecule has 0 radical (unpaired) electrons. The summed E-state index contributed by atoms with van der Waals surface area (Å²) in [6.45, 7) is 5.84. The molecule has 0 atom stereocenters. The van der Waals surface area contributed by atoms with Crippen molar-refractivity contribution in [1.82, 2.24) is 14.5 Å². The van der Waals surface area contributed by atoms with Crippen LogP contribution in [0.15, 0.2) is 42.7 Å². The third-order valence-corrected chi connectivity index (χ3v) is 6.00. The number of likely N-dealkylation sites (N-methyl/N-ethyl adjacent to an activating group) is 1. The lowest BCUT2D eigenvalue weighted by Gasteiger charge is -2.16. The van der Waals surface area contributed by atoms with E-state index < -0.39 is 0 Å². The van der Waals surface area contributed by atoms with Crippen LogP contribution in [0.25, 0.3) is 22.7 Å². The number of hydrogen-bond donors (Lipinski definition) is 0. The van der Waals surface area contributed by atoms with E-state index in [4.69, 9.17) is 0 Å². The first kappa shape index (κ1) is 19.4. The van der Waals surface area contributed by atoms with Gasteiger partial charge in [-0.1, -0.05) is 0 Å². The van der Waals surface area contributed by atoms with Crippen molar-refractivity contribution < 1.29 is 4.79 Å². The molecule has 0 aliphatic carbocycles. The molecule has 0 spiro atoms. The fourth-order valence-electron chi connectivity index (χ4n) is 4.10. The van der Waals surface area contributed by atoms with Crippen molar-refractivity contribution in [1.29, 1.82) is 0 Å². The first-order valence-electron chi connectivity index (χ1n) is 10.1. The van der Waals surface area contributed by atoms with Crippen LogP contribution in [-0.2, 0) is 17.6 Å². The van der Waals surface area contributed by atoms with E-state index in [-0.39, 0.29) is 5.91 Å². The minimum absolute atomic E-state index is 0.0445. The molecule has 4 rings (SSSR count). The van der Waals surface area contributed by atoms with Crippen LogP contribution in [0.2, 0.25) is 0 Å². The topological polar surface area (TPSA) is 41.4 Å². The van der Waals surface area contributed by atoms with Crippen LogP contribution in [-0.4, -0.2) is 47.5 Å². The fourth-order valence-corrected chi connectivity index (χ4v) is 4.10. The second kappa shape index (κ2) is 7.84. The molecule has 0 saturated heterocycles. The number of carbonyl (C=O) groups excluding carboxylic acids is 1. The zero-order chi connectivity index (χ0) is 20.5. The van der Waals surface area contributed by atoms with E-state index in [1.54, 1.807) is 11.8 Å². The normalized spacial score (nSPS) is 15.2. The molecule has 3 aromatic rings. The largest absolute Gasteiger partial charge is 0.320 e. The van der Waals surface area contributed by atoms with Crippen molar-refractivity contribution in [3.8, 4) is 0 Å². The lowest BCUT2D eigenvalue weighted by Crippen LogP contribution is -2.22. The van der Waals surface area contributed by atoms with E-state index >= 15 is 0 Å². The Morgan fingerprint density at radius 1 is 1.10 bits per heavy atom. The summed E-state index contributed by atoms with van der Waals surface area (Å²) in [5.41, 5.74) is 7.30. The second-order valence-electron chi connectivity index (χ2n) is 7.93. The number of aromatic nitrogens is 2. The number of nitrogens with zero attached hydrogens (tertiary/aromatic N) is 4. The number of anilines is 1. The first-order valence-corrected chi connectivity index (χ1v) is 10.1. The van der Waals surface area contributed by atoms with Gasteiger partial charge in [-0.25, -0.2) is 0 Å². The van der Waals surface area contributed by atoms with Crippen LogP contribution in [0, 0.1) is 0 Å². The van der Waals surface area contributed by atoms with Gasteiger partial charge in [-0.3, -0.25) is 9.78 Å². The van der Waals surface area contributed by atoms with Gasteiger partial charge >= 0.3 is 0 Å². The average molecular weight is 389 g/mol. The Labute approximate surface area is 172 Å². The van der Waals surface area contributed by atoms with E-state index in [0.29, 0.717) is 0 Å². The van der Waals surface area contributed by atoms with Crippen molar-refractivity contribution in [3.63, 3.8) is 0 Å². The number of amides is 1. The van der Waals surface area contributed by atoms with Gasteiger partial charge in [0, 0.05) is 68.8 Å². The summed E-state index contributed by atoms with van der Waals surface area (Å²) in [6.07, 6.45) is 7.94. The summed E-state index contributed by atoms with van der Waals surface area (Å²) < 4.78 is 2.36. The molecule has 0 saturated carbocycles. The Morgan fingerprint density at radius 3 is 2.55 bits per heavy atom. The minimum atomic E-state index is 0.0445. The summed E-state index contributed by atoms with van der Waals surface area (Å²) in [4.78, 5) is 20.1. The van der Waals surface area contributed by atoms with Crippen molar-refractivity contribution in [2.24, 2.45) is 0 Å². The molecule has 1 amide bonds. The Hall–Kier alpha value is -2.92. The van der Waals surface area contributed by atoms with Gasteiger partial charge in [0.1, 0.15) is 0 Å². The molecular weight excluding hydrogens is 360 g/mol. The SMILES string of the molecule is CC(=O)N(C)c1ccc2c(c1)c1c(n2C=C(C)c2ccncc2)CCN(C)CC1. The molecule has 0 bridgehead atoms. The van der Waals surface area contributed by atoms with Crippen LogP contribution in [0.4, 0.5) is 5.69 Å². The average Bonchev–Trinajstić information content (AvgIpc) is 2.87. The van der Waals surface area contributed by atoms with Crippen molar-refractivity contribution in [3.05, 3.63) is 59.5 Å². The maximum absolute atomic E-state index is 11.9. The summed E-state index contributed by atoms with van der Waals surface area (Å²) in [5.74, 6) is 0.0445. The molecule has 0 fully saturated rings. The molecule has 1 aromatic carbocycles. The Bertz CT molecular complexity index is 1080. The monoisotopic (exact) mass is 388 g/mol. The maximum Gasteiger partial charge on any atom is 0.223 e. The van der Waals surface area contributed by atoms with E-state index in [2.05, 4.69) is 46.8 Å². The molecule has 5 nitrogen and oxygen atoms in total. The molecule has 29 heavy (non-hydrogen) atoms. The summed E-state index contributed by atoms with van der Waals surface area (Å²) in [6, 6.07) is 10.5. The fraction of sp³-hybridized carbons (Fsp3) is 0.333. The number of pyridine rings is 1. The number of fused-ring (bicyclic) bond motifs is 3. The van der Waals surface area contributed by atoms with E-state index in [1.807, 2.05) is 37.6 Å². The van der Waals surface area contributed by atoms with Gasteiger partial charge in [-0.15, -0.1) is 0 Å². The third-order valence-electron chi connectivity index (χ3n) is 6.00. The third kappa shape index (κ3) is 3.70. The highest BCUT2D eigenvalue weighted by Gasteiger charge is 2.21. The molecule has 2 aromatic heterocycles. The van der Waals surface area contributed by atoms with Crippen LogP contribution in [0.1, 0.15) is 30.7 Å². The van der Waals surface area contributed by atoms with Crippen LogP contribution in [0.3, 0.4) is 0 Å². The quantitative estimate of drug-likeness (QED) is 0.679. The van der Waals surface area contributed by atoms with Crippen LogP contribution >= 0.6 is 0 Å². The Balaban J connectivity index is 1.90. The minimum Gasteiger partial charge on any atom is -0.320 e. The van der Waals surface area contributed by atoms with E-state index in [1.165, 1.54) is 33.3 Å². The predicted molar refractivity (Wildman–Crippen MR) is 120 cm³/mol. The number of carbonyl (C=O) groups is 1.